The molecule has 0 aliphatic carbocycles. The predicted octanol–water partition coefficient (Wildman–Crippen LogP) is 2.47. The minimum absolute atomic E-state index is 0.00914. The van der Waals surface area contributed by atoms with Crippen molar-refractivity contribution in [3.8, 4) is 0 Å². The van der Waals surface area contributed by atoms with Crippen molar-refractivity contribution in [2.75, 3.05) is 45.2 Å². The van der Waals surface area contributed by atoms with Gasteiger partial charge in [0.05, 0.1) is 19.8 Å². The van der Waals surface area contributed by atoms with E-state index in [1.54, 1.807) is 9.80 Å². The summed E-state index contributed by atoms with van der Waals surface area (Å²) in [6.07, 6.45) is 0. The number of hydrogen-bond acceptors (Lipinski definition) is 4. The van der Waals surface area contributed by atoms with Crippen LogP contribution >= 0.6 is 0 Å². The number of amides is 2. The summed E-state index contributed by atoms with van der Waals surface area (Å²) in [6, 6.07) is 16.7. The van der Waals surface area contributed by atoms with Gasteiger partial charge in [-0.1, -0.05) is 48.0 Å². The Kier molecular flexibility index (Phi) is 6.79. The molecule has 1 atom stereocenters. The standard InChI is InChI=1S/C22H27N3O3/c1-17-8-10-19(11-9-17)23-22(27)21(18-6-4-3-5-7-18)24(2)16-20(26)25-12-14-28-15-13-25/h3-11,21H,12-16H2,1-2H3,(H,23,27)/t21-/m0/s1. The van der Waals surface area contributed by atoms with E-state index < -0.39 is 6.04 Å². The van der Waals surface area contributed by atoms with Gasteiger partial charge in [-0.2, -0.15) is 0 Å². The number of carbonyl (C=O) groups excluding carboxylic acids is 2. The Morgan fingerprint density at radius 2 is 1.71 bits per heavy atom. The molecule has 6 nitrogen and oxygen atoms in total. The second-order valence-corrected chi connectivity index (χ2v) is 7.08. The van der Waals surface area contributed by atoms with Crippen LogP contribution in [0.25, 0.3) is 0 Å². The van der Waals surface area contributed by atoms with Gasteiger partial charge in [0.15, 0.2) is 0 Å². The minimum atomic E-state index is -0.563. The molecule has 1 saturated heterocycles. The van der Waals surface area contributed by atoms with Crippen LogP contribution in [0, 0.1) is 6.92 Å². The van der Waals surface area contributed by atoms with Crippen LogP contribution in [-0.2, 0) is 14.3 Å². The van der Waals surface area contributed by atoms with E-state index in [1.807, 2.05) is 68.6 Å². The topological polar surface area (TPSA) is 61.9 Å². The molecule has 2 aromatic rings. The number of carbonyl (C=O) groups is 2. The van der Waals surface area contributed by atoms with Gasteiger partial charge in [0.25, 0.3) is 0 Å². The third kappa shape index (κ3) is 5.18. The first kappa shape index (κ1) is 20.0. The van der Waals surface area contributed by atoms with E-state index in [2.05, 4.69) is 5.32 Å². The molecule has 3 rings (SSSR count). The normalized spacial score (nSPS) is 15.3. The minimum Gasteiger partial charge on any atom is -0.378 e. The van der Waals surface area contributed by atoms with Crippen LogP contribution in [-0.4, -0.2) is 61.5 Å². The van der Waals surface area contributed by atoms with E-state index in [9.17, 15) is 9.59 Å². The van der Waals surface area contributed by atoms with E-state index in [0.29, 0.717) is 26.3 Å². The summed E-state index contributed by atoms with van der Waals surface area (Å²) in [4.78, 5) is 29.4. The number of hydrogen-bond donors (Lipinski definition) is 1. The number of anilines is 1. The highest BCUT2D eigenvalue weighted by molar-refractivity contribution is 5.96. The van der Waals surface area contributed by atoms with E-state index in [-0.39, 0.29) is 18.4 Å². The summed E-state index contributed by atoms with van der Waals surface area (Å²) < 4.78 is 5.31. The maximum atomic E-state index is 13.1. The van der Waals surface area contributed by atoms with Crippen LogP contribution in [0.1, 0.15) is 17.2 Å². The van der Waals surface area contributed by atoms with Crippen molar-refractivity contribution >= 4 is 17.5 Å². The number of ether oxygens (including phenoxy) is 1. The molecule has 6 heteroatoms. The largest absolute Gasteiger partial charge is 0.378 e. The molecule has 0 radical (unpaired) electrons. The van der Waals surface area contributed by atoms with Crippen molar-refractivity contribution in [1.82, 2.24) is 9.80 Å². The molecule has 0 spiro atoms. The zero-order valence-electron chi connectivity index (χ0n) is 16.4. The molecule has 1 aliphatic rings. The van der Waals surface area contributed by atoms with Crippen LogP contribution in [0.15, 0.2) is 54.6 Å². The van der Waals surface area contributed by atoms with Gasteiger partial charge in [-0.05, 0) is 31.7 Å². The molecule has 0 bridgehead atoms. The highest BCUT2D eigenvalue weighted by Gasteiger charge is 2.28. The Morgan fingerprint density at radius 3 is 2.36 bits per heavy atom. The van der Waals surface area contributed by atoms with Gasteiger partial charge in [0, 0.05) is 18.8 Å². The fourth-order valence-electron chi connectivity index (χ4n) is 3.31. The first-order valence-corrected chi connectivity index (χ1v) is 9.53. The Balaban J connectivity index is 1.75. The van der Waals surface area contributed by atoms with Crippen LogP contribution < -0.4 is 5.32 Å². The predicted molar refractivity (Wildman–Crippen MR) is 109 cm³/mol. The number of likely N-dealkylation sites (N-methyl/N-ethyl adjacent to an activating group) is 1. The first-order chi connectivity index (χ1) is 13.5. The van der Waals surface area contributed by atoms with Crippen LogP contribution in [0.2, 0.25) is 0 Å². The summed E-state index contributed by atoms with van der Waals surface area (Å²) in [7, 11) is 1.81. The average molecular weight is 381 g/mol. The van der Waals surface area contributed by atoms with Crippen molar-refractivity contribution in [2.45, 2.75) is 13.0 Å². The Hall–Kier alpha value is -2.70. The second-order valence-electron chi connectivity index (χ2n) is 7.08. The van der Waals surface area contributed by atoms with Gasteiger partial charge in [-0.3, -0.25) is 14.5 Å². The molecular weight excluding hydrogens is 354 g/mol. The monoisotopic (exact) mass is 381 g/mol. The van der Waals surface area contributed by atoms with Crippen molar-refractivity contribution < 1.29 is 14.3 Å². The van der Waals surface area contributed by atoms with Gasteiger partial charge >= 0.3 is 0 Å². The zero-order valence-corrected chi connectivity index (χ0v) is 16.4. The Morgan fingerprint density at radius 1 is 1.07 bits per heavy atom. The lowest BCUT2D eigenvalue weighted by atomic mass is 10.0. The lowest BCUT2D eigenvalue weighted by Gasteiger charge is -2.31. The zero-order chi connectivity index (χ0) is 19.9. The summed E-state index contributed by atoms with van der Waals surface area (Å²) in [6.45, 7) is 4.48. The van der Waals surface area contributed by atoms with E-state index in [0.717, 1.165) is 16.8 Å². The molecule has 1 aliphatic heterocycles. The van der Waals surface area contributed by atoms with Crippen LogP contribution in [0.5, 0.6) is 0 Å². The maximum absolute atomic E-state index is 13.1. The summed E-state index contributed by atoms with van der Waals surface area (Å²) in [5, 5.41) is 2.98. The Bertz CT molecular complexity index is 786. The number of nitrogens with zero attached hydrogens (tertiary/aromatic N) is 2. The molecule has 1 N–H and O–H groups in total. The first-order valence-electron chi connectivity index (χ1n) is 9.53. The molecule has 0 saturated carbocycles. The fraction of sp³-hybridized carbons (Fsp3) is 0.364. The van der Waals surface area contributed by atoms with Crippen LogP contribution in [0.4, 0.5) is 5.69 Å². The number of aryl methyl sites for hydroxylation is 1. The van der Waals surface area contributed by atoms with E-state index >= 15 is 0 Å². The molecular formula is C22H27N3O3. The molecule has 1 fully saturated rings. The van der Waals surface area contributed by atoms with Gasteiger partial charge in [-0.15, -0.1) is 0 Å². The highest BCUT2D eigenvalue weighted by Crippen LogP contribution is 2.22. The third-order valence-electron chi connectivity index (χ3n) is 4.87. The molecule has 2 amide bonds. The molecule has 0 unspecified atom stereocenters. The summed E-state index contributed by atoms with van der Waals surface area (Å²) in [5.41, 5.74) is 2.72. The molecule has 2 aromatic carbocycles. The Labute approximate surface area is 166 Å². The molecule has 148 valence electrons. The van der Waals surface area contributed by atoms with Crippen LogP contribution in [0.3, 0.4) is 0 Å². The van der Waals surface area contributed by atoms with Crippen molar-refractivity contribution in [3.63, 3.8) is 0 Å². The van der Waals surface area contributed by atoms with Gasteiger partial charge in [0.2, 0.25) is 11.8 Å². The van der Waals surface area contributed by atoms with E-state index in [4.69, 9.17) is 4.74 Å². The lowest BCUT2D eigenvalue weighted by Crippen LogP contribution is -2.47. The molecule has 28 heavy (non-hydrogen) atoms. The quantitative estimate of drug-likeness (QED) is 0.835. The number of nitrogens with one attached hydrogen (secondary N) is 1. The van der Waals surface area contributed by atoms with Gasteiger partial charge < -0.3 is 15.0 Å². The third-order valence-corrected chi connectivity index (χ3v) is 4.87. The number of morpholine rings is 1. The number of benzene rings is 2. The highest BCUT2D eigenvalue weighted by atomic mass is 16.5. The lowest BCUT2D eigenvalue weighted by molar-refractivity contribution is -0.137. The van der Waals surface area contributed by atoms with Crippen molar-refractivity contribution in [3.05, 3.63) is 65.7 Å². The summed E-state index contributed by atoms with van der Waals surface area (Å²) in [5.74, 6) is -0.151. The van der Waals surface area contributed by atoms with Gasteiger partial charge in [-0.25, -0.2) is 0 Å². The van der Waals surface area contributed by atoms with Gasteiger partial charge in [0.1, 0.15) is 6.04 Å². The smallest absolute Gasteiger partial charge is 0.246 e. The van der Waals surface area contributed by atoms with E-state index in [1.165, 1.54) is 0 Å². The molecule has 1 heterocycles. The second kappa shape index (κ2) is 9.48. The van der Waals surface area contributed by atoms with Crippen molar-refractivity contribution in [1.29, 1.82) is 0 Å². The number of rotatable bonds is 6. The average Bonchev–Trinajstić information content (AvgIpc) is 2.71. The fourth-order valence-corrected chi connectivity index (χ4v) is 3.31. The summed E-state index contributed by atoms with van der Waals surface area (Å²) >= 11 is 0. The van der Waals surface area contributed by atoms with Crippen molar-refractivity contribution in [2.24, 2.45) is 0 Å². The molecule has 0 aromatic heterocycles. The maximum Gasteiger partial charge on any atom is 0.246 e. The SMILES string of the molecule is Cc1ccc(NC(=O)[C@H](c2ccccc2)N(C)CC(=O)N2CCOCC2)cc1.